The predicted molar refractivity (Wildman–Crippen MR) is 95.9 cm³/mol. The number of amides is 1. The van der Waals surface area contributed by atoms with Crippen molar-refractivity contribution in [3.8, 4) is 5.69 Å². The first kappa shape index (κ1) is 20.6. The number of carbonyl (C=O) groups excluding carboxylic acids is 1. The van der Waals surface area contributed by atoms with Crippen LogP contribution >= 0.6 is 11.6 Å². The van der Waals surface area contributed by atoms with Gasteiger partial charge in [0.25, 0.3) is 5.91 Å². The molecule has 0 aliphatic carbocycles. The molecular formula is C16H16ClF3N4O3S. The second-order valence-electron chi connectivity index (χ2n) is 6.25. The van der Waals surface area contributed by atoms with Crippen molar-refractivity contribution in [1.29, 1.82) is 0 Å². The Morgan fingerprint density at radius 2 is 1.68 bits per heavy atom. The maximum Gasteiger partial charge on any atom is 0.434 e. The highest BCUT2D eigenvalue weighted by atomic mass is 35.5. The zero-order valence-electron chi connectivity index (χ0n) is 14.6. The standard InChI is InChI=1S/C16H16ClF3N4O3S/c1-28(26,27)23-8-6-22(7-9-23)15(25)13-10-21-24(14(13)16(18,19)20)12-4-2-11(17)3-5-12/h2-5,10H,6-9H2,1H3. The quantitative estimate of drug-likeness (QED) is 0.739. The Labute approximate surface area is 164 Å². The molecule has 3 rings (SSSR count). The molecular weight excluding hydrogens is 421 g/mol. The van der Waals surface area contributed by atoms with Gasteiger partial charge in [-0.05, 0) is 24.3 Å². The van der Waals surface area contributed by atoms with Crippen molar-refractivity contribution in [3.05, 3.63) is 46.7 Å². The van der Waals surface area contributed by atoms with E-state index in [0.717, 1.165) is 12.5 Å². The van der Waals surface area contributed by atoms with Gasteiger partial charge in [0.1, 0.15) is 0 Å². The van der Waals surface area contributed by atoms with Crippen molar-refractivity contribution >= 4 is 27.5 Å². The molecule has 2 heterocycles. The normalized spacial score (nSPS) is 16.4. The number of benzene rings is 1. The van der Waals surface area contributed by atoms with E-state index >= 15 is 0 Å². The molecule has 0 N–H and O–H groups in total. The van der Waals surface area contributed by atoms with Crippen LogP contribution < -0.4 is 0 Å². The Morgan fingerprint density at radius 1 is 1.11 bits per heavy atom. The summed E-state index contributed by atoms with van der Waals surface area (Å²) >= 11 is 5.77. The molecule has 152 valence electrons. The molecule has 1 aliphatic heterocycles. The lowest BCUT2D eigenvalue weighted by atomic mass is 10.2. The second kappa shape index (κ2) is 7.37. The molecule has 0 atom stereocenters. The van der Waals surface area contributed by atoms with Crippen LogP contribution in [0.25, 0.3) is 5.69 Å². The summed E-state index contributed by atoms with van der Waals surface area (Å²) in [6.07, 6.45) is -2.90. The molecule has 1 fully saturated rings. The van der Waals surface area contributed by atoms with E-state index in [1.165, 1.54) is 33.5 Å². The van der Waals surface area contributed by atoms with E-state index in [0.29, 0.717) is 9.70 Å². The molecule has 1 aromatic heterocycles. The Bertz CT molecular complexity index is 982. The number of hydrogen-bond donors (Lipinski definition) is 0. The maximum absolute atomic E-state index is 13.7. The number of alkyl halides is 3. The summed E-state index contributed by atoms with van der Waals surface area (Å²) in [7, 11) is -3.42. The van der Waals surface area contributed by atoms with Gasteiger partial charge in [-0.15, -0.1) is 0 Å². The van der Waals surface area contributed by atoms with Crippen LogP contribution in [0.4, 0.5) is 13.2 Å². The molecule has 12 heteroatoms. The third kappa shape index (κ3) is 4.15. The number of hydrogen-bond acceptors (Lipinski definition) is 4. The smallest absolute Gasteiger partial charge is 0.336 e. The van der Waals surface area contributed by atoms with E-state index in [1.54, 1.807) is 0 Å². The van der Waals surface area contributed by atoms with E-state index in [1.807, 2.05) is 0 Å². The molecule has 0 spiro atoms. The lowest BCUT2D eigenvalue weighted by Gasteiger charge is -2.33. The number of nitrogens with zero attached hydrogens (tertiary/aromatic N) is 4. The highest BCUT2D eigenvalue weighted by molar-refractivity contribution is 7.88. The molecule has 0 saturated carbocycles. The van der Waals surface area contributed by atoms with Crippen LogP contribution in [-0.2, 0) is 16.2 Å². The van der Waals surface area contributed by atoms with E-state index < -0.39 is 33.4 Å². The van der Waals surface area contributed by atoms with Gasteiger partial charge in [0.05, 0.1) is 23.7 Å². The molecule has 0 bridgehead atoms. The van der Waals surface area contributed by atoms with Crippen molar-refractivity contribution in [2.45, 2.75) is 6.18 Å². The summed E-state index contributed by atoms with van der Waals surface area (Å²) in [5.41, 5.74) is -1.67. The summed E-state index contributed by atoms with van der Waals surface area (Å²) in [4.78, 5) is 13.9. The van der Waals surface area contributed by atoms with Gasteiger partial charge in [-0.2, -0.15) is 22.6 Å². The average molecular weight is 437 g/mol. The molecule has 28 heavy (non-hydrogen) atoms. The first-order chi connectivity index (χ1) is 13.0. The Morgan fingerprint density at radius 3 is 2.18 bits per heavy atom. The molecule has 1 saturated heterocycles. The largest absolute Gasteiger partial charge is 0.434 e. The van der Waals surface area contributed by atoms with Crippen molar-refractivity contribution in [2.75, 3.05) is 32.4 Å². The fourth-order valence-electron chi connectivity index (χ4n) is 2.95. The number of piperazine rings is 1. The van der Waals surface area contributed by atoms with Gasteiger partial charge in [0.2, 0.25) is 10.0 Å². The van der Waals surface area contributed by atoms with Crippen molar-refractivity contribution < 1.29 is 26.4 Å². The monoisotopic (exact) mass is 436 g/mol. The summed E-state index contributed by atoms with van der Waals surface area (Å²) in [6, 6.07) is 5.57. The van der Waals surface area contributed by atoms with Crippen LogP contribution in [0.2, 0.25) is 5.02 Å². The minimum absolute atomic E-state index is 0.00464. The summed E-state index contributed by atoms with van der Waals surface area (Å²) in [5.74, 6) is -0.847. The first-order valence-electron chi connectivity index (χ1n) is 8.14. The van der Waals surface area contributed by atoms with Crippen molar-refractivity contribution in [2.24, 2.45) is 0 Å². The highest BCUT2D eigenvalue weighted by Gasteiger charge is 2.42. The molecule has 1 aromatic carbocycles. The average Bonchev–Trinajstić information content (AvgIpc) is 3.06. The molecule has 1 amide bonds. The zero-order valence-corrected chi connectivity index (χ0v) is 16.2. The van der Waals surface area contributed by atoms with Gasteiger partial charge in [0.15, 0.2) is 5.69 Å². The van der Waals surface area contributed by atoms with Crippen LogP contribution in [0.1, 0.15) is 16.1 Å². The van der Waals surface area contributed by atoms with Crippen LogP contribution in [-0.4, -0.2) is 65.7 Å². The van der Waals surface area contributed by atoms with E-state index in [2.05, 4.69) is 5.10 Å². The number of rotatable bonds is 3. The summed E-state index contributed by atoms with van der Waals surface area (Å²) < 4.78 is 66.1. The fourth-order valence-corrected chi connectivity index (χ4v) is 3.90. The lowest BCUT2D eigenvalue weighted by Crippen LogP contribution is -2.50. The molecule has 7 nitrogen and oxygen atoms in total. The second-order valence-corrected chi connectivity index (χ2v) is 8.67. The number of sulfonamides is 1. The van der Waals surface area contributed by atoms with Crippen LogP contribution in [0.3, 0.4) is 0 Å². The maximum atomic E-state index is 13.7. The number of aromatic nitrogens is 2. The van der Waals surface area contributed by atoms with E-state index in [4.69, 9.17) is 11.6 Å². The van der Waals surface area contributed by atoms with Crippen molar-refractivity contribution in [1.82, 2.24) is 19.0 Å². The van der Waals surface area contributed by atoms with Gasteiger partial charge in [-0.25, -0.2) is 13.1 Å². The third-order valence-corrected chi connectivity index (χ3v) is 5.89. The fraction of sp³-hybridized carbons (Fsp3) is 0.375. The summed E-state index contributed by atoms with van der Waals surface area (Å²) in [6.45, 7) is 0.0408. The minimum Gasteiger partial charge on any atom is -0.336 e. The lowest BCUT2D eigenvalue weighted by molar-refractivity contribution is -0.143. The SMILES string of the molecule is CS(=O)(=O)N1CCN(C(=O)c2cnn(-c3ccc(Cl)cc3)c2C(F)(F)F)CC1. The van der Waals surface area contributed by atoms with Gasteiger partial charge in [-0.3, -0.25) is 4.79 Å². The van der Waals surface area contributed by atoms with E-state index in [-0.39, 0.29) is 31.9 Å². The minimum atomic E-state index is -4.82. The zero-order chi connectivity index (χ0) is 20.7. The predicted octanol–water partition coefficient (Wildman–Crippen LogP) is 2.26. The Balaban J connectivity index is 1.92. The molecule has 2 aromatic rings. The van der Waals surface area contributed by atoms with Gasteiger partial charge in [0, 0.05) is 31.2 Å². The van der Waals surface area contributed by atoms with Gasteiger partial charge in [-0.1, -0.05) is 11.6 Å². The van der Waals surface area contributed by atoms with Crippen molar-refractivity contribution in [3.63, 3.8) is 0 Å². The van der Waals surface area contributed by atoms with Gasteiger partial charge >= 0.3 is 6.18 Å². The van der Waals surface area contributed by atoms with Crippen LogP contribution in [0, 0.1) is 0 Å². The summed E-state index contributed by atoms with van der Waals surface area (Å²) in [5, 5.41) is 4.10. The third-order valence-electron chi connectivity index (χ3n) is 4.33. The van der Waals surface area contributed by atoms with Gasteiger partial charge < -0.3 is 4.90 Å². The molecule has 1 aliphatic rings. The van der Waals surface area contributed by atoms with Crippen LogP contribution in [0.15, 0.2) is 30.5 Å². The number of halogens is 4. The molecule has 0 radical (unpaired) electrons. The highest BCUT2D eigenvalue weighted by Crippen LogP contribution is 2.34. The molecule has 0 unspecified atom stereocenters. The Kier molecular flexibility index (Phi) is 5.43. The number of carbonyl (C=O) groups is 1. The Hall–Kier alpha value is -2.11. The topological polar surface area (TPSA) is 75.5 Å². The van der Waals surface area contributed by atoms with Crippen LogP contribution in [0.5, 0.6) is 0 Å². The first-order valence-corrected chi connectivity index (χ1v) is 10.4. The van der Waals surface area contributed by atoms with E-state index in [9.17, 15) is 26.4 Å².